The lowest BCUT2D eigenvalue weighted by atomic mass is 9.69. The summed E-state index contributed by atoms with van der Waals surface area (Å²) < 4.78 is 32.9. The first-order valence-corrected chi connectivity index (χ1v) is 12.6. The van der Waals surface area contributed by atoms with Crippen molar-refractivity contribution in [1.29, 1.82) is 0 Å². The number of anilines is 2. The number of ether oxygens (including phenoxy) is 1. The van der Waals surface area contributed by atoms with Crippen LogP contribution < -0.4 is 10.2 Å². The van der Waals surface area contributed by atoms with Gasteiger partial charge in [-0.1, -0.05) is 13.8 Å². The minimum atomic E-state index is -3.42. The molecule has 2 bridgehead atoms. The van der Waals surface area contributed by atoms with Crippen LogP contribution in [0.1, 0.15) is 33.1 Å². The molecule has 4 fully saturated rings. The van der Waals surface area contributed by atoms with Gasteiger partial charge in [-0.25, -0.2) is 8.42 Å². The Labute approximate surface area is 178 Å². The van der Waals surface area contributed by atoms with E-state index >= 15 is 0 Å². The highest BCUT2D eigenvalue weighted by Gasteiger charge is 2.71. The molecule has 8 heteroatoms. The Hall–Kier alpha value is -1.64. The molecule has 1 aromatic carbocycles. The number of carbonyl (C=O) groups excluding carboxylic acids is 1. The number of hydrogen-bond acceptors (Lipinski definition) is 5. The number of rotatable bonds is 4. The molecule has 1 spiro atoms. The smallest absolute Gasteiger partial charge is 0.239 e. The van der Waals surface area contributed by atoms with Crippen LogP contribution in [0.2, 0.25) is 0 Å². The molecule has 164 valence electrons. The first-order chi connectivity index (χ1) is 14.2. The lowest BCUT2D eigenvalue weighted by molar-refractivity contribution is -0.116. The molecule has 2 heterocycles. The van der Waals surface area contributed by atoms with Crippen molar-refractivity contribution in [3.63, 3.8) is 0 Å². The molecule has 1 aromatic rings. The van der Waals surface area contributed by atoms with Crippen molar-refractivity contribution in [2.75, 3.05) is 48.8 Å². The number of nitrogens with one attached hydrogen (secondary N) is 1. The number of carbonyl (C=O) groups is 1. The zero-order chi connectivity index (χ0) is 21.1. The van der Waals surface area contributed by atoms with Crippen LogP contribution >= 0.6 is 0 Å². The topological polar surface area (TPSA) is 79.0 Å². The third-order valence-electron chi connectivity index (χ3n) is 8.36. The van der Waals surface area contributed by atoms with Gasteiger partial charge in [-0.05, 0) is 54.9 Å². The van der Waals surface area contributed by atoms with Crippen molar-refractivity contribution in [3.05, 3.63) is 24.3 Å². The van der Waals surface area contributed by atoms with Gasteiger partial charge in [-0.2, -0.15) is 4.31 Å². The minimum absolute atomic E-state index is 0.0191. The maximum atomic E-state index is 13.0. The molecule has 5 rings (SSSR count). The fraction of sp³-hybridized carbons (Fsp3) is 0.682. The highest BCUT2D eigenvalue weighted by atomic mass is 32.2. The molecule has 30 heavy (non-hydrogen) atoms. The zero-order valence-electron chi connectivity index (χ0n) is 17.8. The lowest BCUT2D eigenvalue weighted by Crippen LogP contribution is -2.44. The molecule has 1 amide bonds. The van der Waals surface area contributed by atoms with E-state index in [-0.39, 0.29) is 35.1 Å². The molecule has 2 saturated heterocycles. The molecule has 0 radical (unpaired) electrons. The standard InChI is InChI=1S/C22H31N3O4S/c1-21(2)16-7-8-22(21)15-30(27,28)25(19(22)13-16)14-20(26)23-17-3-5-18(6-4-17)24-9-11-29-12-10-24/h3-6,16,19H,7-15H2,1-2H3,(H,23,26)/t16-,19+,22?/m1/s1. The summed E-state index contributed by atoms with van der Waals surface area (Å²) in [6, 6.07) is 7.69. The second-order valence-electron chi connectivity index (χ2n) is 9.86. The van der Waals surface area contributed by atoms with E-state index in [0.29, 0.717) is 11.6 Å². The summed E-state index contributed by atoms with van der Waals surface area (Å²) in [4.78, 5) is 15.0. The monoisotopic (exact) mass is 433 g/mol. The molecule has 0 aromatic heterocycles. The van der Waals surface area contributed by atoms with Gasteiger partial charge in [0.25, 0.3) is 0 Å². The van der Waals surface area contributed by atoms with Crippen molar-refractivity contribution < 1.29 is 17.9 Å². The van der Waals surface area contributed by atoms with Gasteiger partial charge in [0.15, 0.2) is 0 Å². The van der Waals surface area contributed by atoms with Crippen molar-refractivity contribution >= 4 is 27.3 Å². The van der Waals surface area contributed by atoms with E-state index in [0.717, 1.165) is 51.3 Å². The van der Waals surface area contributed by atoms with E-state index in [4.69, 9.17) is 4.74 Å². The fourth-order valence-electron chi connectivity index (χ4n) is 6.50. The van der Waals surface area contributed by atoms with Gasteiger partial charge in [-0.3, -0.25) is 4.79 Å². The Balaban J connectivity index is 1.27. The molecule has 3 atom stereocenters. The Bertz CT molecular complexity index is 940. The van der Waals surface area contributed by atoms with Crippen LogP contribution in [0.4, 0.5) is 11.4 Å². The van der Waals surface area contributed by atoms with Crippen LogP contribution in [-0.4, -0.2) is 63.3 Å². The van der Waals surface area contributed by atoms with Gasteiger partial charge < -0.3 is 15.0 Å². The molecule has 2 aliphatic heterocycles. The highest BCUT2D eigenvalue weighted by molar-refractivity contribution is 7.89. The summed E-state index contributed by atoms with van der Waals surface area (Å²) in [6.07, 6.45) is 2.94. The van der Waals surface area contributed by atoms with E-state index in [1.54, 1.807) is 0 Å². The summed E-state index contributed by atoms with van der Waals surface area (Å²) in [7, 11) is -3.42. The SMILES string of the molecule is CC1(C)[C@@H]2CCC13CS(=O)(=O)N(CC(=O)Nc1ccc(N4CCOCC4)cc1)[C@H]3C2. The van der Waals surface area contributed by atoms with Gasteiger partial charge in [-0.15, -0.1) is 0 Å². The van der Waals surface area contributed by atoms with E-state index < -0.39 is 10.0 Å². The van der Waals surface area contributed by atoms with Crippen LogP contribution in [0.15, 0.2) is 24.3 Å². The number of nitrogens with zero attached hydrogens (tertiary/aromatic N) is 2. The third-order valence-corrected chi connectivity index (χ3v) is 10.3. The number of hydrogen-bond donors (Lipinski definition) is 1. The van der Waals surface area contributed by atoms with Crippen molar-refractivity contribution in [1.82, 2.24) is 4.31 Å². The first-order valence-electron chi connectivity index (χ1n) is 11.0. The Morgan fingerprint density at radius 2 is 1.90 bits per heavy atom. The second-order valence-corrected chi connectivity index (χ2v) is 11.8. The largest absolute Gasteiger partial charge is 0.378 e. The number of benzene rings is 1. The lowest BCUT2D eigenvalue weighted by Gasteiger charge is -2.37. The average Bonchev–Trinajstić information content (AvgIpc) is 3.18. The zero-order valence-corrected chi connectivity index (χ0v) is 18.6. The molecule has 1 N–H and O–H groups in total. The Morgan fingerprint density at radius 3 is 2.57 bits per heavy atom. The van der Waals surface area contributed by atoms with Gasteiger partial charge in [0.05, 0.1) is 25.5 Å². The number of sulfonamides is 1. The van der Waals surface area contributed by atoms with Crippen molar-refractivity contribution in [3.8, 4) is 0 Å². The number of fused-ring (bicyclic) bond motifs is 1. The minimum Gasteiger partial charge on any atom is -0.378 e. The summed E-state index contributed by atoms with van der Waals surface area (Å²) in [5.41, 5.74) is 1.61. The van der Waals surface area contributed by atoms with Gasteiger partial charge in [0.2, 0.25) is 15.9 Å². The Morgan fingerprint density at radius 1 is 1.20 bits per heavy atom. The van der Waals surface area contributed by atoms with Crippen LogP contribution in [0, 0.1) is 16.7 Å². The van der Waals surface area contributed by atoms with Gasteiger partial charge in [0, 0.05) is 35.9 Å². The first kappa shape index (κ1) is 20.3. The third kappa shape index (κ3) is 2.99. The molecule has 1 unspecified atom stereocenters. The number of morpholine rings is 1. The molecule has 4 aliphatic rings. The average molecular weight is 434 g/mol. The fourth-order valence-corrected chi connectivity index (χ4v) is 9.02. The molecular formula is C22H31N3O4S. The number of amides is 1. The highest BCUT2D eigenvalue weighted by Crippen LogP contribution is 2.69. The van der Waals surface area contributed by atoms with Crippen LogP contribution in [0.3, 0.4) is 0 Å². The van der Waals surface area contributed by atoms with Crippen LogP contribution in [0.5, 0.6) is 0 Å². The molecule has 2 saturated carbocycles. The predicted molar refractivity (Wildman–Crippen MR) is 116 cm³/mol. The van der Waals surface area contributed by atoms with Crippen molar-refractivity contribution in [2.45, 2.75) is 39.2 Å². The van der Waals surface area contributed by atoms with E-state index in [1.165, 1.54) is 4.31 Å². The van der Waals surface area contributed by atoms with Gasteiger partial charge >= 0.3 is 0 Å². The Kier molecular flexibility index (Phi) is 4.69. The van der Waals surface area contributed by atoms with E-state index in [2.05, 4.69) is 24.1 Å². The second kappa shape index (κ2) is 6.93. The van der Waals surface area contributed by atoms with Gasteiger partial charge in [0.1, 0.15) is 0 Å². The quantitative estimate of drug-likeness (QED) is 0.788. The van der Waals surface area contributed by atoms with Crippen LogP contribution in [0.25, 0.3) is 0 Å². The van der Waals surface area contributed by atoms with Crippen LogP contribution in [-0.2, 0) is 19.6 Å². The summed E-state index contributed by atoms with van der Waals surface area (Å²) in [6.45, 7) is 7.52. The molecule has 7 nitrogen and oxygen atoms in total. The summed E-state index contributed by atoms with van der Waals surface area (Å²) in [5, 5.41) is 2.89. The van der Waals surface area contributed by atoms with E-state index in [1.807, 2.05) is 24.3 Å². The summed E-state index contributed by atoms with van der Waals surface area (Å²) in [5.74, 6) is 0.474. The molecule has 2 aliphatic carbocycles. The summed E-state index contributed by atoms with van der Waals surface area (Å²) >= 11 is 0. The van der Waals surface area contributed by atoms with E-state index in [9.17, 15) is 13.2 Å². The molecular weight excluding hydrogens is 402 g/mol. The normalized spacial score (nSPS) is 34.1. The maximum Gasteiger partial charge on any atom is 0.239 e. The van der Waals surface area contributed by atoms with Crippen molar-refractivity contribution in [2.24, 2.45) is 16.7 Å². The maximum absolute atomic E-state index is 13.0. The predicted octanol–water partition coefficient (Wildman–Crippen LogP) is 2.30.